The maximum absolute atomic E-state index is 9.39. The van der Waals surface area contributed by atoms with Gasteiger partial charge < -0.3 is 10.4 Å². The lowest BCUT2D eigenvalue weighted by Crippen LogP contribution is -2.08. The Labute approximate surface area is 122 Å². The molecule has 4 rings (SSSR count). The lowest BCUT2D eigenvalue weighted by atomic mass is 10.1. The molecule has 0 unspecified atom stereocenters. The van der Waals surface area contributed by atoms with E-state index in [1.165, 1.54) is 12.8 Å². The van der Waals surface area contributed by atoms with E-state index in [2.05, 4.69) is 15.4 Å². The molecule has 1 saturated carbocycles. The van der Waals surface area contributed by atoms with Crippen LogP contribution in [-0.2, 0) is 0 Å². The van der Waals surface area contributed by atoms with Gasteiger partial charge in [0.2, 0.25) is 0 Å². The second-order valence-corrected chi connectivity index (χ2v) is 5.49. The fourth-order valence-electron chi connectivity index (χ4n) is 2.44. The van der Waals surface area contributed by atoms with Gasteiger partial charge in [-0.2, -0.15) is 9.61 Å². The van der Waals surface area contributed by atoms with E-state index in [9.17, 15) is 5.11 Å². The standard InChI is InChI=1S/C16H16N4O/c21-13-5-3-12(4-6-13)14-10-19-20-15(7-8-17-16(14)20)18-9-11-1-2-11/h3-8,10-11,18,21H,1-2,9H2. The van der Waals surface area contributed by atoms with Crippen LogP contribution in [-0.4, -0.2) is 26.2 Å². The maximum Gasteiger partial charge on any atom is 0.165 e. The summed E-state index contributed by atoms with van der Waals surface area (Å²) in [5.41, 5.74) is 2.78. The molecule has 1 aliphatic rings. The number of fused-ring (bicyclic) bond motifs is 1. The van der Waals surface area contributed by atoms with Crippen molar-refractivity contribution in [1.82, 2.24) is 14.6 Å². The molecular formula is C16H16N4O. The summed E-state index contributed by atoms with van der Waals surface area (Å²) in [7, 11) is 0. The van der Waals surface area contributed by atoms with Crippen LogP contribution in [0.4, 0.5) is 5.82 Å². The number of anilines is 1. The molecule has 0 aliphatic heterocycles. The van der Waals surface area contributed by atoms with Crippen LogP contribution in [0.3, 0.4) is 0 Å². The first-order valence-electron chi connectivity index (χ1n) is 7.17. The van der Waals surface area contributed by atoms with Crippen molar-refractivity contribution in [2.45, 2.75) is 12.8 Å². The minimum atomic E-state index is 0.259. The molecule has 0 radical (unpaired) electrons. The van der Waals surface area contributed by atoms with E-state index in [1.807, 2.05) is 28.9 Å². The summed E-state index contributed by atoms with van der Waals surface area (Å²) in [5, 5.41) is 17.3. The fraction of sp³-hybridized carbons (Fsp3) is 0.250. The first kappa shape index (κ1) is 12.2. The molecule has 1 aromatic carbocycles. The lowest BCUT2D eigenvalue weighted by Gasteiger charge is -2.07. The number of hydrogen-bond donors (Lipinski definition) is 2. The average molecular weight is 280 g/mol. The van der Waals surface area contributed by atoms with Crippen molar-refractivity contribution < 1.29 is 5.11 Å². The van der Waals surface area contributed by atoms with E-state index in [-0.39, 0.29) is 5.75 Å². The van der Waals surface area contributed by atoms with Crippen LogP contribution in [0.1, 0.15) is 12.8 Å². The maximum atomic E-state index is 9.39. The molecule has 5 heteroatoms. The molecule has 5 nitrogen and oxygen atoms in total. The van der Waals surface area contributed by atoms with E-state index in [0.717, 1.165) is 35.1 Å². The van der Waals surface area contributed by atoms with Crippen LogP contribution in [0.5, 0.6) is 5.75 Å². The van der Waals surface area contributed by atoms with Crippen LogP contribution >= 0.6 is 0 Å². The van der Waals surface area contributed by atoms with E-state index in [0.29, 0.717) is 0 Å². The van der Waals surface area contributed by atoms with Gasteiger partial charge in [0.1, 0.15) is 11.6 Å². The molecule has 21 heavy (non-hydrogen) atoms. The summed E-state index contributed by atoms with van der Waals surface area (Å²) < 4.78 is 1.84. The highest BCUT2D eigenvalue weighted by atomic mass is 16.3. The molecule has 106 valence electrons. The van der Waals surface area contributed by atoms with Gasteiger partial charge in [-0.15, -0.1) is 0 Å². The topological polar surface area (TPSA) is 62.5 Å². The Bertz CT molecular complexity index is 775. The Morgan fingerprint density at radius 3 is 2.76 bits per heavy atom. The summed E-state index contributed by atoms with van der Waals surface area (Å²) >= 11 is 0. The van der Waals surface area contributed by atoms with Crippen molar-refractivity contribution in [3.63, 3.8) is 0 Å². The van der Waals surface area contributed by atoms with Crippen molar-refractivity contribution in [3.8, 4) is 16.9 Å². The number of aromatic hydroxyl groups is 1. The number of nitrogens with zero attached hydrogens (tertiary/aromatic N) is 3. The molecule has 1 fully saturated rings. The predicted molar refractivity (Wildman–Crippen MR) is 81.3 cm³/mol. The highest BCUT2D eigenvalue weighted by Crippen LogP contribution is 2.30. The molecule has 2 heterocycles. The molecule has 2 N–H and O–H groups in total. The zero-order valence-corrected chi connectivity index (χ0v) is 11.5. The molecular weight excluding hydrogens is 264 g/mol. The van der Waals surface area contributed by atoms with Gasteiger partial charge >= 0.3 is 0 Å². The Morgan fingerprint density at radius 1 is 1.19 bits per heavy atom. The number of hydrogen-bond acceptors (Lipinski definition) is 4. The third kappa shape index (κ3) is 2.31. The number of phenolic OH excluding ortho intramolecular Hbond substituents is 1. The van der Waals surface area contributed by atoms with Crippen molar-refractivity contribution >= 4 is 11.5 Å². The molecule has 0 bridgehead atoms. The van der Waals surface area contributed by atoms with Crippen LogP contribution in [0.25, 0.3) is 16.8 Å². The Hall–Kier alpha value is -2.56. The lowest BCUT2D eigenvalue weighted by molar-refractivity contribution is 0.475. The van der Waals surface area contributed by atoms with Gasteiger partial charge in [0.15, 0.2) is 5.65 Å². The van der Waals surface area contributed by atoms with Gasteiger partial charge in [0, 0.05) is 18.3 Å². The second kappa shape index (κ2) is 4.77. The Balaban J connectivity index is 1.73. The molecule has 2 aromatic heterocycles. The van der Waals surface area contributed by atoms with E-state index < -0.39 is 0 Å². The first-order valence-corrected chi connectivity index (χ1v) is 7.17. The normalized spacial score (nSPS) is 14.5. The van der Waals surface area contributed by atoms with Crippen LogP contribution in [0.15, 0.2) is 42.7 Å². The minimum absolute atomic E-state index is 0.259. The average Bonchev–Trinajstić information content (AvgIpc) is 3.24. The summed E-state index contributed by atoms with van der Waals surface area (Å²) in [6, 6.07) is 9.04. The zero-order chi connectivity index (χ0) is 14.2. The van der Waals surface area contributed by atoms with Crippen molar-refractivity contribution in [3.05, 3.63) is 42.7 Å². The minimum Gasteiger partial charge on any atom is -0.508 e. The monoisotopic (exact) mass is 280 g/mol. The summed E-state index contributed by atoms with van der Waals surface area (Å²) in [6.45, 7) is 0.994. The smallest absolute Gasteiger partial charge is 0.165 e. The van der Waals surface area contributed by atoms with E-state index in [4.69, 9.17) is 0 Å². The quantitative estimate of drug-likeness (QED) is 0.771. The number of benzene rings is 1. The van der Waals surface area contributed by atoms with E-state index in [1.54, 1.807) is 18.3 Å². The number of rotatable bonds is 4. The van der Waals surface area contributed by atoms with Gasteiger partial charge in [-0.05, 0) is 42.5 Å². The molecule has 3 aromatic rings. The second-order valence-electron chi connectivity index (χ2n) is 5.49. The van der Waals surface area contributed by atoms with E-state index >= 15 is 0 Å². The molecule has 0 amide bonds. The Morgan fingerprint density at radius 2 is 2.00 bits per heavy atom. The largest absolute Gasteiger partial charge is 0.508 e. The third-order valence-electron chi connectivity index (χ3n) is 3.85. The van der Waals surface area contributed by atoms with Crippen LogP contribution in [0.2, 0.25) is 0 Å². The highest BCUT2D eigenvalue weighted by Gasteiger charge is 2.21. The number of phenols is 1. The Kier molecular flexibility index (Phi) is 2.77. The van der Waals surface area contributed by atoms with Crippen molar-refractivity contribution in [2.75, 3.05) is 11.9 Å². The molecule has 1 aliphatic carbocycles. The van der Waals surface area contributed by atoms with Crippen molar-refractivity contribution in [1.29, 1.82) is 0 Å². The molecule has 0 spiro atoms. The van der Waals surface area contributed by atoms with Crippen LogP contribution in [0, 0.1) is 5.92 Å². The number of nitrogens with one attached hydrogen (secondary N) is 1. The predicted octanol–water partition coefficient (Wildman–Crippen LogP) is 2.92. The summed E-state index contributed by atoms with van der Waals surface area (Å²) in [4.78, 5) is 4.44. The summed E-state index contributed by atoms with van der Waals surface area (Å²) in [6.07, 6.45) is 6.26. The van der Waals surface area contributed by atoms with Gasteiger partial charge in [-0.25, -0.2) is 4.98 Å². The third-order valence-corrected chi connectivity index (χ3v) is 3.85. The fourth-order valence-corrected chi connectivity index (χ4v) is 2.44. The summed E-state index contributed by atoms with van der Waals surface area (Å²) in [5.74, 6) is 2.03. The van der Waals surface area contributed by atoms with Gasteiger partial charge in [0.25, 0.3) is 0 Å². The number of aromatic nitrogens is 3. The van der Waals surface area contributed by atoms with Crippen molar-refractivity contribution in [2.24, 2.45) is 5.92 Å². The zero-order valence-electron chi connectivity index (χ0n) is 11.5. The van der Waals surface area contributed by atoms with Gasteiger partial charge in [0.05, 0.1) is 6.20 Å². The van der Waals surface area contributed by atoms with Gasteiger partial charge in [-0.3, -0.25) is 0 Å². The first-order chi connectivity index (χ1) is 10.3. The SMILES string of the molecule is Oc1ccc(-c2cnn3c(NCC4CC4)ccnc23)cc1. The van der Waals surface area contributed by atoms with Gasteiger partial charge in [-0.1, -0.05) is 12.1 Å². The molecule has 0 saturated heterocycles. The molecule has 0 atom stereocenters. The van der Waals surface area contributed by atoms with Crippen LogP contribution < -0.4 is 5.32 Å². The highest BCUT2D eigenvalue weighted by molar-refractivity contribution is 5.78.